The van der Waals surface area contributed by atoms with Crippen LogP contribution in [0, 0.1) is 12.7 Å². The van der Waals surface area contributed by atoms with Gasteiger partial charge in [-0.1, -0.05) is 0 Å². The monoisotopic (exact) mass is 373 g/mol. The number of aryl methyl sites for hydroxylation is 1. The molecule has 0 radical (unpaired) electrons. The summed E-state index contributed by atoms with van der Waals surface area (Å²) in [6.45, 7) is 1.63. The average molecular weight is 373 g/mol. The summed E-state index contributed by atoms with van der Waals surface area (Å²) in [6, 6.07) is 6.64. The number of hydrogen-bond donors (Lipinski definition) is 1. The molecular formula is C19H14F3N3O2. The van der Waals surface area contributed by atoms with Crippen molar-refractivity contribution in [2.24, 2.45) is 5.73 Å². The fourth-order valence-corrected chi connectivity index (χ4v) is 2.51. The molecule has 27 heavy (non-hydrogen) atoms. The van der Waals surface area contributed by atoms with Crippen LogP contribution in [0.25, 0.3) is 11.3 Å². The van der Waals surface area contributed by atoms with Crippen molar-refractivity contribution < 1.29 is 22.7 Å². The Labute approximate surface area is 152 Å². The highest BCUT2D eigenvalue weighted by atomic mass is 19.3. The van der Waals surface area contributed by atoms with Gasteiger partial charge in [0, 0.05) is 35.2 Å². The predicted molar refractivity (Wildman–Crippen MR) is 92.2 cm³/mol. The number of aromatic nitrogens is 2. The van der Waals surface area contributed by atoms with Crippen molar-refractivity contribution in [2.45, 2.75) is 13.3 Å². The van der Waals surface area contributed by atoms with Gasteiger partial charge in [-0.25, -0.2) is 13.2 Å². The highest BCUT2D eigenvalue weighted by Gasteiger charge is 2.14. The number of benzene rings is 1. The normalized spacial score (nSPS) is 10.9. The second-order valence-electron chi connectivity index (χ2n) is 5.74. The zero-order chi connectivity index (χ0) is 19.6. The second-order valence-corrected chi connectivity index (χ2v) is 5.74. The number of ether oxygens (including phenoxy) is 1. The smallest absolute Gasteiger partial charge is 0.265 e. The van der Waals surface area contributed by atoms with Gasteiger partial charge in [-0.3, -0.25) is 14.8 Å². The number of amides is 1. The van der Waals surface area contributed by atoms with E-state index in [9.17, 15) is 18.0 Å². The maximum absolute atomic E-state index is 14.4. The molecule has 8 heteroatoms. The standard InChI is InChI=1S/C19H14F3N3O2/c1-10-4-15(16(20)7-14(10)19(23)26)17-6-12(2-3-25-17)27-13-5-11(18(21)22)8-24-9-13/h2-9,18H,1H3,(H2,23,26). The number of carbonyl (C=O) groups is 1. The predicted octanol–water partition coefficient (Wildman–Crippen LogP) is 4.42. The number of primary amides is 1. The van der Waals surface area contributed by atoms with Gasteiger partial charge in [0.1, 0.15) is 17.3 Å². The van der Waals surface area contributed by atoms with Gasteiger partial charge in [0.05, 0.1) is 11.9 Å². The molecule has 1 amide bonds. The Morgan fingerprint density at radius 2 is 1.93 bits per heavy atom. The highest BCUT2D eigenvalue weighted by Crippen LogP contribution is 2.30. The van der Waals surface area contributed by atoms with Crippen molar-refractivity contribution in [1.82, 2.24) is 9.97 Å². The van der Waals surface area contributed by atoms with Crippen molar-refractivity contribution >= 4 is 5.91 Å². The second kappa shape index (κ2) is 7.45. The summed E-state index contributed by atoms with van der Waals surface area (Å²) in [7, 11) is 0. The quantitative estimate of drug-likeness (QED) is 0.718. The molecule has 0 aliphatic heterocycles. The Balaban J connectivity index is 1.94. The van der Waals surface area contributed by atoms with Crippen molar-refractivity contribution in [3.63, 3.8) is 0 Å². The van der Waals surface area contributed by atoms with E-state index < -0.39 is 18.1 Å². The Morgan fingerprint density at radius 3 is 2.63 bits per heavy atom. The van der Waals surface area contributed by atoms with E-state index in [4.69, 9.17) is 10.5 Å². The molecule has 5 nitrogen and oxygen atoms in total. The van der Waals surface area contributed by atoms with Crippen LogP contribution in [0.3, 0.4) is 0 Å². The van der Waals surface area contributed by atoms with E-state index in [0.717, 1.165) is 12.3 Å². The van der Waals surface area contributed by atoms with Crippen LogP contribution in [0.2, 0.25) is 0 Å². The molecule has 0 atom stereocenters. The lowest BCUT2D eigenvalue weighted by Gasteiger charge is -2.10. The molecule has 3 aromatic rings. The van der Waals surface area contributed by atoms with E-state index in [1.54, 1.807) is 6.92 Å². The number of carbonyl (C=O) groups excluding carboxylic acids is 1. The Kier molecular flexibility index (Phi) is 5.07. The molecule has 0 aliphatic carbocycles. The van der Waals surface area contributed by atoms with E-state index in [2.05, 4.69) is 9.97 Å². The van der Waals surface area contributed by atoms with E-state index in [1.807, 2.05) is 0 Å². The molecule has 3 rings (SSSR count). The third-order valence-electron chi connectivity index (χ3n) is 3.81. The van der Waals surface area contributed by atoms with Crippen LogP contribution in [0.15, 0.2) is 48.9 Å². The first-order chi connectivity index (χ1) is 12.8. The minimum atomic E-state index is -2.67. The van der Waals surface area contributed by atoms with Crippen LogP contribution in [0.5, 0.6) is 11.5 Å². The number of rotatable bonds is 5. The molecule has 138 valence electrons. The molecule has 2 aromatic heterocycles. The van der Waals surface area contributed by atoms with Crippen molar-refractivity contribution in [3.8, 4) is 22.8 Å². The van der Waals surface area contributed by atoms with Gasteiger partial charge in [-0.2, -0.15) is 0 Å². The van der Waals surface area contributed by atoms with Gasteiger partial charge in [0.25, 0.3) is 6.43 Å². The topological polar surface area (TPSA) is 78.1 Å². The van der Waals surface area contributed by atoms with Crippen LogP contribution >= 0.6 is 0 Å². The van der Waals surface area contributed by atoms with Crippen LogP contribution in [-0.4, -0.2) is 15.9 Å². The minimum absolute atomic E-state index is 0.0820. The molecule has 0 saturated carbocycles. The number of pyridine rings is 2. The summed E-state index contributed by atoms with van der Waals surface area (Å²) < 4.78 is 45.5. The summed E-state index contributed by atoms with van der Waals surface area (Å²) in [6.07, 6.45) is 1.06. The third kappa shape index (κ3) is 4.05. The Hall–Kier alpha value is -3.42. The summed E-state index contributed by atoms with van der Waals surface area (Å²) in [5.74, 6) is -1.01. The Bertz CT molecular complexity index is 1010. The first kappa shape index (κ1) is 18.4. The molecule has 0 aliphatic rings. The van der Waals surface area contributed by atoms with Crippen molar-refractivity contribution in [2.75, 3.05) is 0 Å². The van der Waals surface area contributed by atoms with Gasteiger partial charge < -0.3 is 10.5 Å². The zero-order valence-electron chi connectivity index (χ0n) is 14.1. The SMILES string of the molecule is Cc1cc(-c2cc(Oc3cncc(C(F)F)c3)ccn2)c(F)cc1C(N)=O. The molecule has 0 spiro atoms. The van der Waals surface area contributed by atoms with Crippen molar-refractivity contribution in [3.05, 3.63) is 71.4 Å². The fourth-order valence-electron chi connectivity index (χ4n) is 2.51. The number of nitrogens with two attached hydrogens (primary N) is 1. The summed E-state index contributed by atoms with van der Waals surface area (Å²) in [4.78, 5) is 19.1. The maximum atomic E-state index is 14.4. The average Bonchev–Trinajstić information content (AvgIpc) is 2.63. The van der Waals surface area contributed by atoms with Gasteiger partial charge in [0.15, 0.2) is 0 Å². The van der Waals surface area contributed by atoms with E-state index in [1.165, 1.54) is 36.7 Å². The number of halogens is 3. The lowest BCUT2D eigenvalue weighted by atomic mass is 10.0. The van der Waals surface area contributed by atoms with Gasteiger partial charge >= 0.3 is 0 Å². The highest BCUT2D eigenvalue weighted by molar-refractivity contribution is 5.95. The third-order valence-corrected chi connectivity index (χ3v) is 3.81. The van der Waals surface area contributed by atoms with Gasteiger partial charge in [-0.05, 0) is 36.8 Å². The summed E-state index contributed by atoms with van der Waals surface area (Å²) in [5, 5.41) is 0. The van der Waals surface area contributed by atoms with Crippen LogP contribution in [0.4, 0.5) is 13.2 Å². The largest absolute Gasteiger partial charge is 0.456 e. The number of hydrogen-bond acceptors (Lipinski definition) is 4. The molecule has 0 unspecified atom stereocenters. The molecule has 1 aromatic carbocycles. The molecule has 0 fully saturated rings. The number of nitrogens with zero attached hydrogens (tertiary/aromatic N) is 2. The number of alkyl halides is 2. The minimum Gasteiger partial charge on any atom is -0.456 e. The fraction of sp³-hybridized carbons (Fsp3) is 0.105. The van der Waals surface area contributed by atoms with Crippen LogP contribution < -0.4 is 10.5 Å². The molecule has 0 bridgehead atoms. The Morgan fingerprint density at radius 1 is 1.15 bits per heavy atom. The lowest BCUT2D eigenvalue weighted by Crippen LogP contribution is -2.13. The molecule has 0 saturated heterocycles. The molecule has 2 N–H and O–H groups in total. The molecular weight excluding hydrogens is 359 g/mol. The van der Waals surface area contributed by atoms with Crippen LogP contribution in [-0.2, 0) is 0 Å². The van der Waals surface area contributed by atoms with Crippen LogP contribution in [0.1, 0.15) is 27.9 Å². The lowest BCUT2D eigenvalue weighted by molar-refractivity contribution is 0.0999. The summed E-state index contributed by atoms with van der Waals surface area (Å²) >= 11 is 0. The van der Waals surface area contributed by atoms with Gasteiger partial charge in [0.2, 0.25) is 5.91 Å². The molecule has 2 heterocycles. The maximum Gasteiger partial charge on any atom is 0.265 e. The van der Waals surface area contributed by atoms with E-state index in [-0.39, 0.29) is 33.9 Å². The van der Waals surface area contributed by atoms with Gasteiger partial charge in [-0.15, -0.1) is 0 Å². The first-order valence-corrected chi connectivity index (χ1v) is 7.82. The van der Waals surface area contributed by atoms with Crippen molar-refractivity contribution in [1.29, 1.82) is 0 Å². The summed E-state index contributed by atoms with van der Waals surface area (Å²) in [5.41, 5.74) is 5.93. The van der Waals surface area contributed by atoms with E-state index >= 15 is 0 Å². The zero-order valence-corrected chi connectivity index (χ0v) is 14.1. The van der Waals surface area contributed by atoms with E-state index in [0.29, 0.717) is 5.56 Å². The first-order valence-electron chi connectivity index (χ1n) is 7.82.